The first-order chi connectivity index (χ1) is 11.8. The van der Waals surface area contributed by atoms with Crippen molar-refractivity contribution in [2.24, 2.45) is 0 Å². The molecule has 2 N–H and O–H groups in total. The molecular weight excluding hydrogens is 340 g/mol. The standard InChI is InChI=1S/C18H20N2O4S/c1-19-17(21)15-8-6-13(7-9-15)11-20-18(22)16-5-3-4-14(10-16)12-25(2,23)24/h3-10H,11-12H2,1-2H3,(H,19,21)(H,20,22). The molecule has 0 bridgehead atoms. The van der Waals surface area contributed by atoms with Crippen LogP contribution >= 0.6 is 0 Å². The molecule has 25 heavy (non-hydrogen) atoms. The van der Waals surface area contributed by atoms with E-state index in [1.54, 1.807) is 55.6 Å². The number of amides is 2. The molecule has 0 aliphatic carbocycles. The Morgan fingerprint density at radius 3 is 2.20 bits per heavy atom. The van der Waals surface area contributed by atoms with Crippen LogP contribution in [-0.4, -0.2) is 33.5 Å². The summed E-state index contributed by atoms with van der Waals surface area (Å²) in [7, 11) is -1.59. The van der Waals surface area contributed by atoms with Crippen LogP contribution in [0.5, 0.6) is 0 Å². The minimum absolute atomic E-state index is 0.102. The summed E-state index contributed by atoms with van der Waals surface area (Å²) in [5.74, 6) is -0.557. The van der Waals surface area contributed by atoms with Crippen molar-refractivity contribution in [3.63, 3.8) is 0 Å². The van der Waals surface area contributed by atoms with Crippen molar-refractivity contribution in [1.82, 2.24) is 10.6 Å². The van der Waals surface area contributed by atoms with Gasteiger partial charge in [-0.3, -0.25) is 9.59 Å². The molecule has 2 aromatic carbocycles. The van der Waals surface area contributed by atoms with E-state index in [0.717, 1.165) is 11.8 Å². The lowest BCUT2D eigenvalue weighted by molar-refractivity contribution is 0.0946. The van der Waals surface area contributed by atoms with E-state index in [-0.39, 0.29) is 17.6 Å². The third kappa shape index (κ3) is 5.72. The molecule has 6 nitrogen and oxygen atoms in total. The Labute approximate surface area is 147 Å². The van der Waals surface area contributed by atoms with Crippen molar-refractivity contribution in [3.8, 4) is 0 Å². The van der Waals surface area contributed by atoms with Crippen molar-refractivity contribution in [2.75, 3.05) is 13.3 Å². The minimum atomic E-state index is -3.15. The van der Waals surface area contributed by atoms with E-state index in [2.05, 4.69) is 10.6 Å². The second kappa shape index (κ2) is 7.94. The van der Waals surface area contributed by atoms with Crippen LogP contribution in [0.2, 0.25) is 0 Å². The predicted octanol–water partition coefficient (Wildman–Crippen LogP) is 1.52. The van der Waals surface area contributed by atoms with E-state index in [9.17, 15) is 18.0 Å². The lowest BCUT2D eigenvalue weighted by atomic mass is 10.1. The van der Waals surface area contributed by atoms with Gasteiger partial charge in [-0.2, -0.15) is 0 Å². The quantitative estimate of drug-likeness (QED) is 0.817. The zero-order chi connectivity index (χ0) is 18.4. The Hall–Kier alpha value is -2.67. The van der Waals surface area contributed by atoms with Crippen molar-refractivity contribution < 1.29 is 18.0 Å². The number of benzene rings is 2. The first-order valence-corrected chi connectivity index (χ1v) is 9.70. The summed E-state index contributed by atoms with van der Waals surface area (Å²) in [5.41, 5.74) is 2.38. The Morgan fingerprint density at radius 1 is 0.920 bits per heavy atom. The molecule has 0 radical (unpaired) electrons. The number of rotatable bonds is 6. The SMILES string of the molecule is CNC(=O)c1ccc(CNC(=O)c2cccc(CS(C)(=O)=O)c2)cc1. The largest absolute Gasteiger partial charge is 0.355 e. The van der Waals surface area contributed by atoms with Crippen LogP contribution in [0.4, 0.5) is 0 Å². The fraction of sp³-hybridized carbons (Fsp3) is 0.222. The second-order valence-electron chi connectivity index (χ2n) is 5.73. The number of hydrogen-bond donors (Lipinski definition) is 2. The Bertz CT molecular complexity index is 874. The topological polar surface area (TPSA) is 92.3 Å². The molecule has 0 aromatic heterocycles. The Kier molecular flexibility index (Phi) is 5.93. The predicted molar refractivity (Wildman–Crippen MR) is 96.0 cm³/mol. The maximum atomic E-state index is 12.2. The maximum Gasteiger partial charge on any atom is 0.251 e. The Balaban J connectivity index is 2.00. The molecule has 0 aliphatic heterocycles. The summed E-state index contributed by atoms with van der Waals surface area (Å²) in [4.78, 5) is 23.7. The van der Waals surface area contributed by atoms with Crippen molar-refractivity contribution in [1.29, 1.82) is 0 Å². The lowest BCUT2D eigenvalue weighted by Gasteiger charge is -2.08. The molecule has 0 heterocycles. The molecule has 0 atom stereocenters. The van der Waals surface area contributed by atoms with Gasteiger partial charge >= 0.3 is 0 Å². The van der Waals surface area contributed by atoms with Gasteiger partial charge in [-0.15, -0.1) is 0 Å². The molecule has 2 aromatic rings. The van der Waals surface area contributed by atoms with Crippen LogP contribution in [0.25, 0.3) is 0 Å². The molecule has 2 amide bonds. The van der Waals surface area contributed by atoms with Gasteiger partial charge in [0.25, 0.3) is 11.8 Å². The smallest absolute Gasteiger partial charge is 0.251 e. The second-order valence-corrected chi connectivity index (χ2v) is 7.87. The third-order valence-electron chi connectivity index (χ3n) is 3.51. The van der Waals surface area contributed by atoms with Gasteiger partial charge in [-0.25, -0.2) is 8.42 Å². The summed E-state index contributed by atoms with van der Waals surface area (Å²) in [6.45, 7) is 0.309. The number of carbonyl (C=O) groups excluding carboxylic acids is 2. The van der Waals surface area contributed by atoms with E-state index in [1.165, 1.54) is 0 Å². The number of carbonyl (C=O) groups is 2. The van der Waals surface area contributed by atoms with Gasteiger partial charge in [-0.05, 0) is 35.4 Å². The van der Waals surface area contributed by atoms with Crippen molar-refractivity contribution >= 4 is 21.7 Å². The van der Waals surface area contributed by atoms with Crippen LogP contribution in [0, 0.1) is 0 Å². The first-order valence-electron chi connectivity index (χ1n) is 7.64. The van der Waals surface area contributed by atoms with Gasteiger partial charge < -0.3 is 10.6 Å². The van der Waals surface area contributed by atoms with Crippen LogP contribution in [0.3, 0.4) is 0 Å². The summed E-state index contributed by atoms with van der Waals surface area (Å²) in [6.07, 6.45) is 1.15. The highest BCUT2D eigenvalue weighted by Gasteiger charge is 2.09. The first kappa shape index (κ1) is 18.7. The van der Waals surface area contributed by atoms with Crippen LogP contribution in [0.1, 0.15) is 31.8 Å². The van der Waals surface area contributed by atoms with Gasteiger partial charge in [-0.1, -0.05) is 24.3 Å². The van der Waals surface area contributed by atoms with Crippen LogP contribution in [-0.2, 0) is 22.1 Å². The van der Waals surface area contributed by atoms with Crippen molar-refractivity contribution in [3.05, 3.63) is 70.8 Å². The zero-order valence-corrected chi connectivity index (χ0v) is 14.9. The highest BCUT2D eigenvalue weighted by atomic mass is 32.2. The van der Waals surface area contributed by atoms with E-state index in [0.29, 0.717) is 23.2 Å². The lowest BCUT2D eigenvalue weighted by Crippen LogP contribution is -2.23. The summed E-state index contributed by atoms with van der Waals surface area (Å²) in [6, 6.07) is 13.5. The fourth-order valence-corrected chi connectivity index (χ4v) is 3.09. The van der Waals surface area contributed by atoms with Crippen LogP contribution < -0.4 is 10.6 Å². The van der Waals surface area contributed by atoms with Gasteiger partial charge in [0.2, 0.25) is 0 Å². The van der Waals surface area contributed by atoms with Gasteiger partial charge in [0, 0.05) is 31.0 Å². The number of nitrogens with one attached hydrogen (secondary N) is 2. The summed E-state index contributed by atoms with van der Waals surface area (Å²) in [5, 5.41) is 5.32. The van der Waals surface area contributed by atoms with Crippen molar-refractivity contribution in [2.45, 2.75) is 12.3 Å². The molecule has 0 unspecified atom stereocenters. The number of sulfone groups is 1. The van der Waals surface area contributed by atoms with Gasteiger partial charge in [0.05, 0.1) is 5.75 Å². The highest BCUT2D eigenvalue weighted by Crippen LogP contribution is 2.10. The molecule has 0 fully saturated rings. The average molecular weight is 360 g/mol. The van der Waals surface area contributed by atoms with E-state index < -0.39 is 9.84 Å². The molecular formula is C18H20N2O4S. The van der Waals surface area contributed by atoms with Gasteiger partial charge in [0.1, 0.15) is 0 Å². The fourth-order valence-electron chi connectivity index (χ4n) is 2.31. The molecule has 0 aliphatic rings. The minimum Gasteiger partial charge on any atom is -0.355 e. The zero-order valence-electron chi connectivity index (χ0n) is 14.1. The summed E-state index contributed by atoms with van der Waals surface area (Å²) < 4.78 is 22.7. The maximum absolute atomic E-state index is 12.2. The highest BCUT2D eigenvalue weighted by molar-refractivity contribution is 7.89. The molecule has 0 saturated carbocycles. The normalized spacial score (nSPS) is 11.0. The third-order valence-corrected chi connectivity index (χ3v) is 4.37. The van der Waals surface area contributed by atoms with Crippen LogP contribution in [0.15, 0.2) is 48.5 Å². The molecule has 2 rings (SSSR count). The van der Waals surface area contributed by atoms with E-state index >= 15 is 0 Å². The molecule has 132 valence electrons. The van der Waals surface area contributed by atoms with E-state index in [4.69, 9.17) is 0 Å². The average Bonchev–Trinajstić information content (AvgIpc) is 2.58. The number of hydrogen-bond acceptors (Lipinski definition) is 4. The monoisotopic (exact) mass is 360 g/mol. The Morgan fingerprint density at radius 2 is 1.60 bits per heavy atom. The van der Waals surface area contributed by atoms with E-state index in [1.807, 2.05) is 0 Å². The summed E-state index contributed by atoms with van der Waals surface area (Å²) >= 11 is 0. The molecule has 0 spiro atoms. The van der Waals surface area contributed by atoms with Gasteiger partial charge in [0.15, 0.2) is 9.84 Å². The molecule has 0 saturated heterocycles. The molecule has 7 heteroatoms.